The second-order valence-electron chi connectivity index (χ2n) is 9.93. The van der Waals surface area contributed by atoms with Crippen LogP contribution in [0.2, 0.25) is 0 Å². The summed E-state index contributed by atoms with van der Waals surface area (Å²) in [7, 11) is 0. The van der Waals surface area contributed by atoms with Gasteiger partial charge in [0, 0.05) is 24.1 Å². The van der Waals surface area contributed by atoms with Crippen LogP contribution in [0.4, 0.5) is 5.69 Å². The number of ketones is 1. The van der Waals surface area contributed by atoms with E-state index < -0.39 is 5.92 Å². The molecule has 7 nitrogen and oxygen atoms in total. The molecule has 0 fully saturated rings. The Labute approximate surface area is 205 Å². The van der Waals surface area contributed by atoms with Gasteiger partial charge in [-0.05, 0) is 54.2 Å². The maximum absolute atomic E-state index is 13.1. The average molecular weight is 472 g/mol. The molecule has 7 heteroatoms. The summed E-state index contributed by atoms with van der Waals surface area (Å²) in [6.07, 6.45) is 0.914. The molecule has 1 heterocycles. The summed E-state index contributed by atoms with van der Waals surface area (Å²) in [6, 6.07) is 15.0. The molecule has 1 unspecified atom stereocenters. The van der Waals surface area contributed by atoms with Crippen molar-refractivity contribution in [2.45, 2.75) is 46.5 Å². The van der Waals surface area contributed by atoms with E-state index in [1.54, 1.807) is 18.2 Å². The first-order chi connectivity index (χ1) is 16.6. The first-order valence-corrected chi connectivity index (χ1v) is 11.5. The SMILES string of the molecule is Cc1ccc(C)c(NC(=O)COc2cccc(C3C(C#N)=C(N)OC4=C3C(=O)CC(C)(C)C4)c2)c1. The van der Waals surface area contributed by atoms with Crippen LogP contribution in [0, 0.1) is 30.6 Å². The molecule has 2 aliphatic rings. The Morgan fingerprint density at radius 2 is 2.00 bits per heavy atom. The average Bonchev–Trinajstić information content (AvgIpc) is 2.78. The van der Waals surface area contributed by atoms with Crippen LogP contribution in [-0.4, -0.2) is 18.3 Å². The van der Waals surface area contributed by atoms with Gasteiger partial charge in [0.1, 0.15) is 23.2 Å². The van der Waals surface area contributed by atoms with Gasteiger partial charge in [-0.2, -0.15) is 5.26 Å². The van der Waals surface area contributed by atoms with Gasteiger partial charge >= 0.3 is 0 Å². The first kappa shape index (κ1) is 24.1. The number of nitriles is 1. The van der Waals surface area contributed by atoms with Gasteiger partial charge in [0.25, 0.3) is 5.91 Å². The number of nitrogens with one attached hydrogen (secondary N) is 1. The Morgan fingerprint density at radius 1 is 1.23 bits per heavy atom. The maximum Gasteiger partial charge on any atom is 0.262 e. The van der Waals surface area contributed by atoms with Crippen LogP contribution in [0.1, 0.15) is 49.3 Å². The number of carbonyl (C=O) groups is 2. The molecule has 1 atom stereocenters. The molecule has 35 heavy (non-hydrogen) atoms. The lowest BCUT2D eigenvalue weighted by atomic mass is 9.70. The number of aryl methyl sites for hydroxylation is 2. The number of rotatable bonds is 5. The van der Waals surface area contributed by atoms with Gasteiger partial charge < -0.3 is 20.5 Å². The van der Waals surface area contributed by atoms with Gasteiger partial charge in [0.2, 0.25) is 5.88 Å². The van der Waals surface area contributed by atoms with Crippen LogP contribution >= 0.6 is 0 Å². The number of amides is 1. The van der Waals surface area contributed by atoms with Crippen LogP contribution in [0.3, 0.4) is 0 Å². The molecule has 2 aromatic rings. The van der Waals surface area contributed by atoms with Gasteiger partial charge in [0.15, 0.2) is 12.4 Å². The third-order valence-electron chi connectivity index (χ3n) is 6.30. The molecular weight excluding hydrogens is 442 g/mol. The maximum atomic E-state index is 13.1. The molecule has 0 radical (unpaired) electrons. The molecule has 0 saturated heterocycles. The number of Topliss-reactive ketones (excluding diaryl/α,β-unsaturated/α-hetero) is 1. The molecule has 3 N–H and O–H groups in total. The third-order valence-corrected chi connectivity index (χ3v) is 6.30. The van der Waals surface area contributed by atoms with Gasteiger partial charge in [-0.25, -0.2) is 0 Å². The van der Waals surface area contributed by atoms with Crippen molar-refractivity contribution in [2.24, 2.45) is 11.1 Å². The summed E-state index contributed by atoms with van der Waals surface area (Å²) in [5.74, 6) is 0.00625. The highest BCUT2D eigenvalue weighted by atomic mass is 16.5. The Balaban J connectivity index is 1.57. The molecule has 0 spiro atoms. The molecule has 1 aliphatic carbocycles. The normalized spacial score (nSPS) is 18.9. The monoisotopic (exact) mass is 471 g/mol. The summed E-state index contributed by atoms with van der Waals surface area (Å²) in [5.41, 5.74) is 9.95. The van der Waals surface area contributed by atoms with Gasteiger partial charge in [-0.15, -0.1) is 0 Å². The number of nitrogens with zero attached hydrogens (tertiary/aromatic N) is 1. The highest BCUT2D eigenvalue weighted by Crippen LogP contribution is 2.48. The Morgan fingerprint density at radius 3 is 2.74 bits per heavy atom. The van der Waals surface area contributed by atoms with E-state index in [2.05, 4.69) is 11.4 Å². The minimum Gasteiger partial charge on any atom is -0.484 e. The van der Waals surface area contributed by atoms with E-state index in [-0.39, 0.29) is 35.2 Å². The van der Waals surface area contributed by atoms with E-state index in [0.29, 0.717) is 35.5 Å². The minimum atomic E-state index is -0.639. The zero-order chi connectivity index (χ0) is 25.3. The number of hydrogen-bond acceptors (Lipinski definition) is 6. The molecule has 0 bridgehead atoms. The lowest BCUT2D eigenvalue weighted by molar-refractivity contribution is -0.119. The fraction of sp³-hybridized carbons (Fsp3) is 0.321. The summed E-state index contributed by atoms with van der Waals surface area (Å²) >= 11 is 0. The lowest BCUT2D eigenvalue weighted by Gasteiger charge is -2.37. The second kappa shape index (κ2) is 9.30. The topological polar surface area (TPSA) is 114 Å². The van der Waals surface area contributed by atoms with Crippen LogP contribution in [-0.2, 0) is 14.3 Å². The molecule has 1 amide bonds. The predicted molar refractivity (Wildman–Crippen MR) is 132 cm³/mol. The van der Waals surface area contributed by atoms with E-state index in [1.165, 1.54) is 0 Å². The Kier molecular flexibility index (Phi) is 6.40. The second-order valence-corrected chi connectivity index (χ2v) is 9.93. The summed E-state index contributed by atoms with van der Waals surface area (Å²) in [4.78, 5) is 25.6. The molecule has 1 aliphatic heterocycles. The van der Waals surface area contributed by atoms with Crippen LogP contribution < -0.4 is 15.8 Å². The first-order valence-electron chi connectivity index (χ1n) is 11.5. The number of nitrogens with two attached hydrogens (primary N) is 1. The van der Waals surface area contributed by atoms with Crippen molar-refractivity contribution in [1.29, 1.82) is 5.26 Å². The molecule has 180 valence electrons. The molecule has 0 saturated carbocycles. The van der Waals surface area contributed by atoms with Crippen LogP contribution in [0.15, 0.2) is 65.3 Å². The molecular formula is C28H29N3O4. The Hall–Kier alpha value is -4.05. The fourth-order valence-corrected chi connectivity index (χ4v) is 4.61. The van der Waals surface area contributed by atoms with Crippen molar-refractivity contribution in [1.82, 2.24) is 0 Å². The van der Waals surface area contributed by atoms with E-state index in [0.717, 1.165) is 16.8 Å². The molecule has 4 rings (SSSR count). The van der Waals surface area contributed by atoms with Gasteiger partial charge in [-0.1, -0.05) is 38.1 Å². The number of carbonyl (C=O) groups excluding carboxylic acids is 2. The Bertz CT molecular complexity index is 1310. The van der Waals surface area contributed by atoms with Crippen molar-refractivity contribution in [3.63, 3.8) is 0 Å². The van der Waals surface area contributed by atoms with Gasteiger partial charge in [-0.3, -0.25) is 9.59 Å². The predicted octanol–water partition coefficient (Wildman–Crippen LogP) is 4.77. The van der Waals surface area contributed by atoms with Crippen molar-refractivity contribution >= 4 is 17.4 Å². The van der Waals surface area contributed by atoms with E-state index in [4.69, 9.17) is 15.2 Å². The summed E-state index contributed by atoms with van der Waals surface area (Å²) in [6.45, 7) is 7.71. The van der Waals surface area contributed by atoms with Crippen molar-refractivity contribution in [3.05, 3.63) is 81.9 Å². The van der Waals surface area contributed by atoms with Crippen LogP contribution in [0.5, 0.6) is 5.75 Å². The van der Waals surface area contributed by atoms with Crippen LogP contribution in [0.25, 0.3) is 0 Å². The summed E-state index contributed by atoms with van der Waals surface area (Å²) in [5, 5.41) is 12.7. The minimum absolute atomic E-state index is 0.0148. The van der Waals surface area contributed by atoms with Crippen molar-refractivity contribution < 1.29 is 19.1 Å². The van der Waals surface area contributed by atoms with E-state index in [1.807, 2.05) is 52.0 Å². The lowest BCUT2D eigenvalue weighted by Crippen LogP contribution is -2.33. The van der Waals surface area contributed by atoms with Gasteiger partial charge in [0.05, 0.1) is 5.92 Å². The number of anilines is 1. The summed E-state index contributed by atoms with van der Waals surface area (Å²) < 4.78 is 11.5. The number of allylic oxidation sites excluding steroid dienone is 3. The quantitative estimate of drug-likeness (QED) is 0.649. The van der Waals surface area contributed by atoms with E-state index in [9.17, 15) is 14.9 Å². The highest BCUT2D eigenvalue weighted by Gasteiger charge is 2.43. The van der Waals surface area contributed by atoms with Crippen molar-refractivity contribution in [2.75, 3.05) is 11.9 Å². The highest BCUT2D eigenvalue weighted by molar-refractivity contribution is 6.00. The third kappa shape index (κ3) is 5.07. The number of hydrogen-bond donors (Lipinski definition) is 2. The standard InChI is InChI=1S/C28H29N3O4/c1-16-8-9-17(2)21(10-16)31-24(33)15-34-19-7-5-6-18(11-19)25-20(14-29)27(30)35-23-13-28(3,4)12-22(32)26(23)25/h5-11,25H,12-13,15,30H2,1-4H3,(H,31,33). The molecule has 0 aromatic heterocycles. The zero-order valence-corrected chi connectivity index (χ0v) is 20.4. The largest absolute Gasteiger partial charge is 0.484 e. The smallest absolute Gasteiger partial charge is 0.262 e. The number of ether oxygens (including phenoxy) is 2. The number of benzene rings is 2. The zero-order valence-electron chi connectivity index (χ0n) is 20.4. The fourth-order valence-electron chi connectivity index (χ4n) is 4.61. The van der Waals surface area contributed by atoms with Crippen molar-refractivity contribution in [3.8, 4) is 11.8 Å². The molecule has 2 aromatic carbocycles. The van der Waals surface area contributed by atoms with E-state index >= 15 is 0 Å².